The van der Waals surface area contributed by atoms with Crippen molar-refractivity contribution >= 4 is 5.69 Å². The van der Waals surface area contributed by atoms with E-state index in [-0.39, 0.29) is 0 Å². The molecule has 1 aromatic heterocycles. The molecule has 0 saturated heterocycles. The van der Waals surface area contributed by atoms with Crippen molar-refractivity contribution in [2.24, 2.45) is 0 Å². The minimum absolute atomic E-state index is 0.513. The Bertz CT molecular complexity index is 485. The van der Waals surface area contributed by atoms with Crippen LogP contribution < -0.4 is 10.5 Å². The third-order valence-electron chi connectivity index (χ3n) is 2.80. The second-order valence-electron chi connectivity index (χ2n) is 4.44. The summed E-state index contributed by atoms with van der Waals surface area (Å²) in [4.78, 5) is 3.96. The summed E-state index contributed by atoms with van der Waals surface area (Å²) < 4.78 is 18.4. The number of hydrogen-bond donors (Lipinski definition) is 1. The molecule has 21 heavy (non-hydrogen) atoms. The van der Waals surface area contributed by atoms with Crippen molar-refractivity contribution in [3.63, 3.8) is 0 Å². The van der Waals surface area contributed by atoms with Crippen molar-refractivity contribution in [2.45, 2.75) is 6.54 Å². The smallest absolute Gasteiger partial charge is 0.119 e. The molecule has 114 valence electrons. The first kappa shape index (κ1) is 15.3. The number of benzene rings is 1. The lowest BCUT2D eigenvalue weighted by Crippen LogP contribution is -2.12. The molecule has 1 heterocycles. The third-order valence-corrected chi connectivity index (χ3v) is 2.80. The van der Waals surface area contributed by atoms with Gasteiger partial charge in [-0.2, -0.15) is 0 Å². The van der Waals surface area contributed by atoms with Crippen LogP contribution in [0.4, 0.5) is 5.69 Å². The second-order valence-corrected chi connectivity index (χ2v) is 4.44. The van der Waals surface area contributed by atoms with Crippen molar-refractivity contribution in [2.75, 3.05) is 38.8 Å². The van der Waals surface area contributed by atoms with Crippen LogP contribution in [-0.2, 0) is 16.0 Å². The number of ether oxygens (including phenoxy) is 3. The van der Waals surface area contributed by atoms with Gasteiger partial charge in [0.15, 0.2) is 0 Å². The molecular formula is C15H21N3O3. The van der Waals surface area contributed by atoms with E-state index in [1.807, 2.05) is 35.0 Å². The lowest BCUT2D eigenvalue weighted by molar-refractivity contribution is 0.0340. The van der Waals surface area contributed by atoms with Crippen molar-refractivity contribution in [1.29, 1.82) is 0 Å². The largest absolute Gasteiger partial charge is 0.491 e. The summed E-state index contributed by atoms with van der Waals surface area (Å²) in [5.74, 6) is 0.796. The minimum atomic E-state index is 0.513. The molecule has 1 aromatic carbocycles. The zero-order valence-electron chi connectivity index (χ0n) is 12.0. The molecule has 0 spiro atoms. The first-order valence-corrected chi connectivity index (χ1v) is 6.94. The Labute approximate surface area is 124 Å². The fraction of sp³-hybridized carbons (Fsp3) is 0.400. The molecular weight excluding hydrogens is 270 g/mol. The molecule has 0 aliphatic carbocycles. The van der Waals surface area contributed by atoms with Gasteiger partial charge in [0.25, 0.3) is 0 Å². The van der Waals surface area contributed by atoms with Crippen LogP contribution >= 0.6 is 0 Å². The molecule has 0 aliphatic rings. The van der Waals surface area contributed by atoms with Crippen molar-refractivity contribution in [1.82, 2.24) is 9.55 Å². The highest BCUT2D eigenvalue weighted by atomic mass is 16.5. The summed E-state index contributed by atoms with van der Waals surface area (Å²) in [6.45, 7) is 3.65. The maximum atomic E-state index is 5.59. The lowest BCUT2D eigenvalue weighted by Gasteiger charge is -2.08. The molecule has 6 heteroatoms. The second kappa shape index (κ2) is 8.99. The van der Waals surface area contributed by atoms with Crippen LogP contribution in [0.25, 0.3) is 0 Å². The van der Waals surface area contributed by atoms with Gasteiger partial charge >= 0.3 is 0 Å². The van der Waals surface area contributed by atoms with E-state index in [0.717, 1.165) is 18.0 Å². The summed E-state index contributed by atoms with van der Waals surface area (Å²) in [6.07, 6.45) is 5.44. The van der Waals surface area contributed by atoms with Gasteiger partial charge in [0.05, 0.1) is 32.8 Å². The van der Waals surface area contributed by atoms with E-state index in [4.69, 9.17) is 19.9 Å². The van der Waals surface area contributed by atoms with Gasteiger partial charge in [0.2, 0.25) is 0 Å². The van der Waals surface area contributed by atoms with Crippen molar-refractivity contribution < 1.29 is 14.2 Å². The monoisotopic (exact) mass is 291 g/mol. The van der Waals surface area contributed by atoms with Gasteiger partial charge in [-0.25, -0.2) is 4.98 Å². The molecule has 2 rings (SSSR count). The van der Waals surface area contributed by atoms with Crippen LogP contribution in [0.2, 0.25) is 0 Å². The highest BCUT2D eigenvalue weighted by molar-refractivity contribution is 5.41. The van der Waals surface area contributed by atoms with Crippen LogP contribution in [0.1, 0.15) is 0 Å². The predicted molar refractivity (Wildman–Crippen MR) is 80.2 cm³/mol. The SMILES string of the molecule is Nc1ccc(OCCOCCOCCn2ccnc2)cc1. The topological polar surface area (TPSA) is 71.5 Å². The summed E-state index contributed by atoms with van der Waals surface area (Å²) in [6, 6.07) is 7.30. The molecule has 0 unspecified atom stereocenters. The average molecular weight is 291 g/mol. The third kappa shape index (κ3) is 6.29. The molecule has 0 fully saturated rings. The predicted octanol–water partition coefficient (Wildman–Crippen LogP) is 1.58. The summed E-state index contributed by atoms with van der Waals surface area (Å²) in [7, 11) is 0. The molecule has 0 atom stereocenters. The van der Waals surface area contributed by atoms with Crippen LogP contribution in [0.3, 0.4) is 0 Å². The maximum absolute atomic E-state index is 5.59. The Hall–Kier alpha value is -2.05. The van der Waals surface area contributed by atoms with Crippen LogP contribution in [-0.4, -0.2) is 42.6 Å². The number of rotatable bonds is 10. The maximum Gasteiger partial charge on any atom is 0.119 e. The summed E-state index contributed by atoms with van der Waals surface area (Å²) in [5, 5.41) is 0. The summed E-state index contributed by atoms with van der Waals surface area (Å²) >= 11 is 0. The number of imidazole rings is 1. The number of nitrogen functional groups attached to an aromatic ring is 1. The van der Waals surface area contributed by atoms with Gasteiger partial charge in [0.1, 0.15) is 12.4 Å². The van der Waals surface area contributed by atoms with Gasteiger partial charge in [-0.3, -0.25) is 0 Å². The Morgan fingerprint density at radius 1 is 0.952 bits per heavy atom. The molecule has 0 radical (unpaired) electrons. The molecule has 2 N–H and O–H groups in total. The van der Waals surface area contributed by atoms with Crippen LogP contribution in [0.15, 0.2) is 43.0 Å². The summed E-state index contributed by atoms with van der Waals surface area (Å²) in [5.41, 5.74) is 6.32. The van der Waals surface area contributed by atoms with Crippen molar-refractivity contribution in [3.05, 3.63) is 43.0 Å². The van der Waals surface area contributed by atoms with E-state index >= 15 is 0 Å². The Morgan fingerprint density at radius 2 is 1.67 bits per heavy atom. The van der Waals surface area contributed by atoms with Gasteiger partial charge < -0.3 is 24.5 Å². The Kier molecular flexibility index (Phi) is 6.57. The molecule has 0 bridgehead atoms. The molecule has 0 saturated carbocycles. The lowest BCUT2D eigenvalue weighted by atomic mass is 10.3. The fourth-order valence-electron chi connectivity index (χ4n) is 1.69. The first-order valence-electron chi connectivity index (χ1n) is 6.94. The zero-order chi connectivity index (χ0) is 14.8. The van der Waals surface area contributed by atoms with Crippen molar-refractivity contribution in [3.8, 4) is 5.75 Å². The van der Waals surface area contributed by atoms with Gasteiger partial charge in [-0.05, 0) is 24.3 Å². The quantitative estimate of drug-likeness (QED) is 0.531. The van der Waals surface area contributed by atoms with Gasteiger partial charge in [0, 0.05) is 24.6 Å². The standard InChI is InChI=1S/C15H21N3O3/c16-14-1-3-15(4-2-14)21-12-11-20-10-9-19-8-7-18-6-5-17-13-18/h1-6,13H,7-12,16H2. The van der Waals surface area contributed by atoms with Crippen LogP contribution in [0.5, 0.6) is 5.75 Å². The van der Waals surface area contributed by atoms with E-state index in [9.17, 15) is 0 Å². The van der Waals surface area contributed by atoms with Gasteiger partial charge in [-0.1, -0.05) is 0 Å². The first-order chi connectivity index (χ1) is 10.3. The minimum Gasteiger partial charge on any atom is -0.491 e. The van der Waals surface area contributed by atoms with E-state index in [0.29, 0.717) is 33.0 Å². The van der Waals surface area contributed by atoms with E-state index < -0.39 is 0 Å². The number of anilines is 1. The van der Waals surface area contributed by atoms with E-state index in [2.05, 4.69) is 4.98 Å². The van der Waals surface area contributed by atoms with E-state index in [1.54, 1.807) is 12.5 Å². The highest BCUT2D eigenvalue weighted by Crippen LogP contribution is 2.12. The normalized spacial score (nSPS) is 10.7. The molecule has 0 aliphatic heterocycles. The van der Waals surface area contributed by atoms with Gasteiger partial charge in [-0.15, -0.1) is 0 Å². The van der Waals surface area contributed by atoms with Crippen LogP contribution in [0, 0.1) is 0 Å². The van der Waals surface area contributed by atoms with E-state index in [1.165, 1.54) is 0 Å². The molecule has 2 aromatic rings. The molecule has 6 nitrogen and oxygen atoms in total. The number of hydrogen-bond acceptors (Lipinski definition) is 5. The average Bonchev–Trinajstić information content (AvgIpc) is 3.01. The number of nitrogens with zero attached hydrogens (tertiary/aromatic N) is 2. The fourth-order valence-corrected chi connectivity index (χ4v) is 1.69. The number of aromatic nitrogens is 2. The zero-order valence-corrected chi connectivity index (χ0v) is 12.0. The number of nitrogens with two attached hydrogens (primary N) is 1. The Balaban J connectivity index is 1.41. The molecule has 0 amide bonds. The Morgan fingerprint density at radius 3 is 2.38 bits per heavy atom. The highest BCUT2D eigenvalue weighted by Gasteiger charge is 1.95.